The van der Waals surface area contributed by atoms with Gasteiger partial charge in [-0.1, -0.05) is 28.1 Å². The molecule has 0 aliphatic rings. The van der Waals surface area contributed by atoms with Crippen LogP contribution < -0.4 is 10.2 Å². The van der Waals surface area contributed by atoms with E-state index in [1.54, 1.807) is 30.3 Å². The number of hydroxylamine groups is 1. The Bertz CT molecular complexity index is 968. The van der Waals surface area contributed by atoms with Crippen molar-refractivity contribution in [2.75, 3.05) is 13.2 Å². The molecule has 5 nitrogen and oxygen atoms in total. The minimum atomic E-state index is -0.544. The van der Waals surface area contributed by atoms with Crippen molar-refractivity contribution in [1.29, 1.82) is 0 Å². The molecule has 144 valence electrons. The van der Waals surface area contributed by atoms with E-state index in [2.05, 4.69) is 26.4 Å². The zero-order valence-corrected chi connectivity index (χ0v) is 16.1. The third-order valence-electron chi connectivity index (χ3n) is 3.67. The molecule has 3 rings (SSSR count). The van der Waals surface area contributed by atoms with Gasteiger partial charge in [0.1, 0.15) is 24.7 Å². The quantitative estimate of drug-likeness (QED) is 0.426. The van der Waals surface area contributed by atoms with Gasteiger partial charge in [-0.25, -0.2) is 14.3 Å². The SMILES string of the molecule is O=C(NOCCOc1cc(Br)ccc1F)c1cc(-c2ccc(F)cc2)ccn1. The molecule has 8 heteroatoms. The zero-order valence-electron chi connectivity index (χ0n) is 14.5. The maximum atomic E-state index is 13.5. The first-order valence-electron chi connectivity index (χ1n) is 8.25. The Kier molecular flexibility index (Phi) is 6.67. The van der Waals surface area contributed by atoms with Crippen molar-refractivity contribution >= 4 is 21.8 Å². The Morgan fingerprint density at radius 2 is 1.79 bits per heavy atom. The van der Waals surface area contributed by atoms with E-state index >= 15 is 0 Å². The summed E-state index contributed by atoms with van der Waals surface area (Å²) >= 11 is 3.23. The maximum Gasteiger partial charge on any atom is 0.293 e. The van der Waals surface area contributed by atoms with Gasteiger partial charge in [-0.15, -0.1) is 0 Å². The minimum absolute atomic E-state index is 0.00927. The van der Waals surface area contributed by atoms with Gasteiger partial charge in [-0.2, -0.15) is 0 Å². The van der Waals surface area contributed by atoms with E-state index in [-0.39, 0.29) is 30.5 Å². The van der Waals surface area contributed by atoms with Crippen LogP contribution in [0.4, 0.5) is 8.78 Å². The maximum absolute atomic E-state index is 13.5. The highest BCUT2D eigenvalue weighted by molar-refractivity contribution is 9.10. The molecule has 0 spiro atoms. The highest BCUT2D eigenvalue weighted by atomic mass is 79.9. The second-order valence-corrected chi connectivity index (χ2v) is 6.56. The van der Waals surface area contributed by atoms with Crippen LogP contribution in [0.3, 0.4) is 0 Å². The Balaban J connectivity index is 1.50. The predicted octanol–water partition coefficient (Wildman–Crippen LogP) is 4.53. The molecular formula is C20H15BrF2N2O3. The molecule has 0 radical (unpaired) electrons. The predicted molar refractivity (Wildman–Crippen MR) is 103 cm³/mol. The van der Waals surface area contributed by atoms with E-state index in [1.165, 1.54) is 30.5 Å². The van der Waals surface area contributed by atoms with Crippen LogP contribution in [0.2, 0.25) is 0 Å². The van der Waals surface area contributed by atoms with Crippen molar-refractivity contribution in [2.45, 2.75) is 0 Å². The van der Waals surface area contributed by atoms with Gasteiger partial charge >= 0.3 is 0 Å². The second kappa shape index (κ2) is 9.38. The molecule has 0 unspecified atom stereocenters. The summed E-state index contributed by atoms with van der Waals surface area (Å²) in [6.07, 6.45) is 1.48. The second-order valence-electron chi connectivity index (χ2n) is 5.64. The molecule has 1 heterocycles. The molecule has 0 fully saturated rings. The van der Waals surface area contributed by atoms with Crippen LogP contribution in [0.5, 0.6) is 5.75 Å². The smallest absolute Gasteiger partial charge is 0.293 e. The molecule has 3 aromatic rings. The fourth-order valence-corrected chi connectivity index (χ4v) is 2.67. The lowest BCUT2D eigenvalue weighted by Crippen LogP contribution is -2.26. The number of hydrogen-bond acceptors (Lipinski definition) is 4. The summed E-state index contributed by atoms with van der Waals surface area (Å²) in [4.78, 5) is 21.2. The number of carbonyl (C=O) groups excluding carboxylic acids is 1. The van der Waals surface area contributed by atoms with E-state index in [0.29, 0.717) is 10.0 Å². The van der Waals surface area contributed by atoms with Gasteiger partial charge in [0, 0.05) is 10.7 Å². The van der Waals surface area contributed by atoms with E-state index in [0.717, 1.165) is 5.56 Å². The lowest BCUT2D eigenvalue weighted by atomic mass is 10.1. The monoisotopic (exact) mass is 448 g/mol. The van der Waals surface area contributed by atoms with Crippen LogP contribution in [-0.2, 0) is 4.84 Å². The van der Waals surface area contributed by atoms with E-state index < -0.39 is 11.7 Å². The normalized spacial score (nSPS) is 10.5. The van der Waals surface area contributed by atoms with Crippen LogP contribution in [0.25, 0.3) is 11.1 Å². The number of hydrogen-bond donors (Lipinski definition) is 1. The van der Waals surface area contributed by atoms with Gasteiger partial charge in [0.25, 0.3) is 5.91 Å². The number of amides is 1. The highest BCUT2D eigenvalue weighted by Crippen LogP contribution is 2.22. The van der Waals surface area contributed by atoms with Crippen LogP contribution >= 0.6 is 15.9 Å². The summed E-state index contributed by atoms with van der Waals surface area (Å²) in [5.74, 6) is -1.29. The summed E-state index contributed by atoms with van der Waals surface area (Å²) < 4.78 is 32.5. The fraction of sp³-hybridized carbons (Fsp3) is 0.100. The molecule has 2 aromatic carbocycles. The highest BCUT2D eigenvalue weighted by Gasteiger charge is 2.09. The van der Waals surface area contributed by atoms with Crippen molar-refractivity contribution in [3.05, 3.63) is 82.6 Å². The first kappa shape index (κ1) is 19.9. The van der Waals surface area contributed by atoms with Gasteiger partial charge in [0.2, 0.25) is 0 Å². The Morgan fingerprint density at radius 3 is 2.57 bits per heavy atom. The summed E-state index contributed by atoms with van der Waals surface area (Å²) in [5, 5.41) is 0. The topological polar surface area (TPSA) is 60.5 Å². The third-order valence-corrected chi connectivity index (χ3v) is 4.16. The number of carbonyl (C=O) groups is 1. The lowest BCUT2D eigenvalue weighted by molar-refractivity contribution is 0.0192. The molecule has 0 aliphatic carbocycles. The summed E-state index contributed by atoms with van der Waals surface area (Å²) in [5.41, 5.74) is 3.86. The molecule has 28 heavy (non-hydrogen) atoms. The molecule has 1 N–H and O–H groups in total. The summed E-state index contributed by atoms with van der Waals surface area (Å²) in [7, 11) is 0. The standard InChI is InChI=1S/C20H15BrF2N2O3/c21-15-3-6-17(23)19(12-15)27-9-10-28-25-20(26)18-11-14(7-8-24-18)13-1-4-16(22)5-2-13/h1-8,11-12H,9-10H2,(H,25,26). The van der Waals surface area contributed by atoms with Gasteiger partial charge in [-0.3, -0.25) is 14.6 Å². The van der Waals surface area contributed by atoms with Gasteiger partial charge in [0.05, 0.1) is 0 Å². The van der Waals surface area contributed by atoms with Crippen molar-refractivity contribution in [3.8, 4) is 16.9 Å². The number of benzene rings is 2. The van der Waals surface area contributed by atoms with Gasteiger partial charge in [0.15, 0.2) is 11.6 Å². The van der Waals surface area contributed by atoms with E-state index in [9.17, 15) is 13.6 Å². The van der Waals surface area contributed by atoms with E-state index in [4.69, 9.17) is 9.57 Å². The molecule has 0 saturated heterocycles. The van der Waals surface area contributed by atoms with Crippen molar-refractivity contribution in [1.82, 2.24) is 10.5 Å². The van der Waals surface area contributed by atoms with Crippen LogP contribution in [0, 0.1) is 11.6 Å². The number of nitrogens with zero attached hydrogens (tertiary/aromatic N) is 1. The van der Waals surface area contributed by atoms with Crippen LogP contribution in [-0.4, -0.2) is 24.1 Å². The van der Waals surface area contributed by atoms with Gasteiger partial charge in [-0.05, 0) is 53.6 Å². The van der Waals surface area contributed by atoms with Crippen molar-refractivity contribution in [2.24, 2.45) is 0 Å². The first-order chi connectivity index (χ1) is 13.5. The van der Waals surface area contributed by atoms with Crippen molar-refractivity contribution in [3.63, 3.8) is 0 Å². The average Bonchev–Trinajstić information content (AvgIpc) is 2.70. The van der Waals surface area contributed by atoms with Gasteiger partial charge < -0.3 is 4.74 Å². The summed E-state index contributed by atoms with van der Waals surface area (Å²) in [6.45, 7) is 0.0477. The van der Waals surface area contributed by atoms with Crippen LogP contribution in [0.15, 0.2) is 65.3 Å². The Hall–Kier alpha value is -2.84. The average molecular weight is 449 g/mol. The van der Waals surface area contributed by atoms with E-state index in [1.807, 2.05) is 0 Å². The van der Waals surface area contributed by atoms with Crippen LogP contribution in [0.1, 0.15) is 10.5 Å². The number of rotatable bonds is 7. The number of halogens is 3. The Morgan fingerprint density at radius 1 is 1.00 bits per heavy atom. The molecule has 1 aromatic heterocycles. The fourth-order valence-electron chi connectivity index (χ4n) is 2.33. The zero-order chi connectivity index (χ0) is 19.9. The number of ether oxygens (including phenoxy) is 1. The lowest BCUT2D eigenvalue weighted by Gasteiger charge is -2.09. The third kappa shape index (κ3) is 5.34. The molecule has 0 bridgehead atoms. The number of aromatic nitrogens is 1. The number of pyridine rings is 1. The molecule has 0 aliphatic heterocycles. The molecule has 1 amide bonds. The Labute approximate surface area is 168 Å². The minimum Gasteiger partial charge on any atom is -0.488 e. The molecular weight excluding hydrogens is 434 g/mol. The molecule has 0 atom stereocenters. The first-order valence-corrected chi connectivity index (χ1v) is 9.04. The van der Waals surface area contributed by atoms with Crippen molar-refractivity contribution < 1.29 is 23.1 Å². The number of nitrogens with one attached hydrogen (secondary N) is 1. The summed E-state index contributed by atoms with van der Waals surface area (Å²) in [6, 6.07) is 13.5. The largest absolute Gasteiger partial charge is 0.488 e. The molecule has 0 saturated carbocycles.